The number of thiazole rings is 1. The number of carboxylic acid groups (broad SMARTS) is 1. The van der Waals surface area contributed by atoms with Gasteiger partial charge >= 0.3 is 5.97 Å². The van der Waals surface area contributed by atoms with Gasteiger partial charge in [0.2, 0.25) is 11.5 Å². The Morgan fingerprint density at radius 2 is 1.76 bits per heavy atom. The molecule has 1 heterocycles. The van der Waals surface area contributed by atoms with Gasteiger partial charge in [0.15, 0.2) is 22.2 Å². The number of ether oxygens (including phenoxy) is 2. The van der Waals surface area contributed by atoms with E-state index in [1.807, 2.05) is 0 Å². The zero-order valence-electron chi connectivity index (χ0n) is 11.1. The van der Waals surface area contributed by atoms with Crippen LogP contribution >= 0.6 is 11.3 Å². The number of aromatic nitrogens is 1. The first-order valence-corrected chi connectivity index (χ1v) is 6.54. The van der Waals surface area contributed by atoms with Gasteiger partial charge in [-0.25, -0.2) is 9.78 Å². The van der Waals surface area contributed by atoms with Crippen LogP contribution in [0.1, 0.15) is 25.9 Å². The van der Waals surface area contributed by atoms with Crippen LogP contribution in [0.15, 0.2) is 17.5 Å². The molecule has 0 spiro atoms. The van der Waals surface area contributed by atoms with Crippen molar-refractivity contribution in [3.63, 3.8) is 0 Å². The van der Waals surface area contributed by atoms with Gasteiger partial charge < -0.3 is 19.7 Å². The maximum Gasteiger partial charge on any atom is 0.355 e. The second-order valence-electron chi connectivity index (χ2n) is 3.90. The molecule has 0 aliphatic heterocycles. The lowest BCUT2D eigenvalue weighted by Crippen LogP contribution is -2.04. The van der Waals surface area contributed by atoms with E-state index in [1.54, 1.807) is 0 Å². The summed E-state index contributed by atoms with van der Waals surface area (Å²) >= 11 is 0.926. The van der Waals surface area contributed by atoms with Gasteiger partial charge in [-0.15, -0.1) is 11.3 Å². The first kappa shape index (κ1) is 14.8. The highest BCUT2D eigenvalue weighted by atomic mass is 32.1. The Morgan fingerprint density at radius 1 is 1.19 bits per heavy atom. The van der Waals surface area contributed by atoms with Crippen molar-refractivity contribution in [2.24, 2.45) is 0 Å². The number of phenols is 1. The lowest BCUT2D eigenvalue weighted by Gasteiger charge is -2.10. The molecule has 2 aromatic rings. The third-order valence-corrected chi connectivity index (χ3v) is 3.50. The number of phenolic OH excluding ortho intramolecular Hbond substituents is 1. The number of benzene rings is 1. The molecule has 0 atom stereocenters. The molecule has 21 heavy (non-hydrogen) atoms. The molecule has 0 unspecified atom stereocenters. The molecule has 2 rings (SSSR count). The van der Waals surface area contributed by atoms with Crippen LogP contribution in [0.5, 0.6) is 17.2 Å². The number of carbonyl (C=O) groups is 2. The number of aromatic carboxylic acids is 1. The van der Waals surface area contributed by atoms with Crippen LogP contribution in [0.2, 0.25) is 0 Å². The smallest absolute Gasteiger partial charge is 0.355 e. The minimum atomic E-state index is -1.20. The van der Waals surface area contributed by atoms with E-state index in [0.29, 0.717) is 0 Å². The van der Waals surface area contributed by atoms with Gasteiger partial charge in [0.1, 0.15) is 0 Å². The Balaban J connectivity index is 2.44. The van der Waals surface area contributed by atoms with Crippen LogP contribution in [0.25, 0.3) is 0 Å². The number of aromatic hydroxyl groups is 1. The van der Waals surface area contributed by atoms with Gasteiger partial charge in [0.05, 0.1) is 14.2 Å². The highest BCUT2D eigenvalue weighted by molar-refractivity contribution is 7.12. The van der Waals surface area contributed by atoms with Gasteiger partial charge in [-0.3, -0.25) is 4.79 Å². The Hall–Kier alpha value is -2.61. The van der Waals surface area contributed by atoms with Crippen LogP contribution < -0.4 is 9.47 Å². The third kappa shape index (κ3) is 2.79. The number of methoxy groups -OCH3 is 2. The van der Waals surface area contributed by atoms with E-state index in [9.17, 15) is 14.7 Å². The van der Waals surface area contributed by atoms with Crippen molar-refractivity contribution in [3.8, 4) is 17.2 Å². The molecule has 7 nitrogen and oxygen atoms in total. The number of ketones is 1. The molecule has 2 N–H and O–H groups in total. The van der Waals surface area contributed by atoms with E-state index in [-0.39, 0.29) is 33.5 Å². The number of hydrogen-bond acceptors (Lipinski definition) is 7. The SMILES string of the molecule is COc1cc(C(=O)c2nc(C(=O)O)cs2)cc(OC)c1O. The summed E-state index contributed by atoms with van der Waals surface area (Å²) in [5.74, 6) is -1.75. The maximum absolute atomic E-state index is 12.3. The topological polar surface area (TPSA) is 106 Å². The number of carboxylic acids is 1. The second-order valence-corrected chi connectivity index (χ2v) is 4.76. The van der Waals surface area contributed by atoms with Gasteiger partial charge in [-0.05, 0) is 12.1 Å². The molecule has 1 aromatic carbocycles. The highest BCUT2D eigenvalue weighted by Crippen LogP contribution is 2.37. The fourth-order valence-electron chi connectivity index (χ4n) is 1.62. The van der Waals surface area contributed by atoms with Crippen molar-refractivity contribution in [2.75, 3.05) is 14.2 Å². The molecule has 0 bridgehead atoms. The van der Waals surface area contributed by atoms with Crippen molar-refractivity contribution < 1.29 is 29.3 Å². The number of carbonyl (C=O) groups excluding carboxylic acids is 1. The molecule has 1 aromatic heterocycles. The average molecular weight is 309 g/mol. The summed E-state index contributed by atoms with van der Waals surface area (Å²) < 4.78 is 9.93. The van der Waals surface area contributed by atoms with E-state index >= 15 is 0 Å². The largest absolute Gasteiger partial charge is 0.502 e. The molecule has 0 fully saturated rings. The molecule has 8 heteroatoms. The third-order valence-electron chi connectivity index (χ3n) is 2.66. The number of nitrogens with zero attached hydrogens (tertiary/aromatic N) is 1. The van der Waals surface area contributed by atoms with Crippen LogP contribution in [0.4, 0.5) is 0 Å². The molecule has 0 aliphatic carbocycles. The minimum absolute atomic E-state index is 0.0298. The molecule has 110 valence electrons. The summed E-state index contributed by atoms with van der Waals surface area (Å²) in [4.78, 5) is 26.8. The Morgan fingerprint density at radius 3 is 2.19 bits per heavy atom. The van der Waals surface area contributed by atoms with Crippen molar-refractivity contribution in [2.45, 2.75) is 0 Å². The zero-order chi connectivity index (χ0) is 15.6. The standard InChI is InChI=1S/C13H11NO6S/c1-19-8-3-6(4-9(20-2)11(8)16)10(15)12-14-7(5-21-12)13(17)18/h3-5,16H,1-2H3,(H,17,18). The van der Waals surface area contributed by atoms with Gasteiger partial charge in [0, 0.05) is 10.9 Å². The van der Waals surface area contributed by atoms with Crippen molar-refractivity contribution >= 4 is 23.1 Å². The van der Waals surface area contributed by atoms with E-state index in [2.05, 4.69) is 4.98 Å². The van der Waals surface area contributed by atoms with E-state index in [0.717, 1.165) is 11.3 Å². The fourth-order valence-corrected chi connectivity index (χ4v) is 2.38. The normalized spacial score (nSPS) is 10.2. The monoisotopic (exact) mass is 309 g/mol. The Bertz CT molecular complexity index is 683. The van der Waals surface area contributed by atoms with Gasteiger partial charge in [-0.1, -0.05) is 0 Å². The molecule has 0 amide bonds. The Labute approximate surface area is 123 Å². The van der Waals surface area contributed by atoms with Crippen molar-refractivity contribution in [1.29, 1.82) is 0 Å². The van der Waals surface area contributed by atoms with E-state index < -0.39 is 11.8 Å². The number of rotatable bonds is 5. The summed E-state index contributed by atoms with van der Waals surface area (Å²) in [6.07, 6.45) is 0. The van der Waals surface area contributed by atoms with Gasteiger partial charge in [-0.2, -0.15) is 0 Å². The van der Waals surface area contributed by atoms with Crippen LogP contribution in [-0.2, 0) is 0 Å². The summed E-state index contributed by atoms with van der Waals surface area (Å²) in [6, 6.07) is 2.67. The maximum atomic E-state index is 12.3. The lowest BCUT2D eigenvalue weighted by molar-refractivity contribution is 0.0691. The van der Waals surface area contributed by atoms with Gasteiger partial charge in [0.25, 0.3) is 0 Å². The summed E-state index contributed by atoms with van der Waals surface area (Å²) in [6.45, 7) is 0. The van der Waals surface area contributed by atoms with Crippen LogP contribution in [-0.4, -0.2) is 41.2 Å². The predicted molar refractivity (Wildman–Crippen MR) is 73.7 cm³/mol. The second kappa shape index (κ2) is 5.80. The first-order chi connectivity index (χ1) is 9.97. The Kier molecular flexibility index (Phi) is 4.08. The average Bonchev–Trinajstić information content (AvgIpc) is 2.96. The quantitative estimate of drug-likeness (QED) is 0.811. The molecule has 0 saturated heterocycles. The molecule has 0 radical (unpaired) electrons. The molecular weight excluding hydrogens is 298 g/mol. The van der Waals surface area contributed by atoms with Crippen molar-refractivity contribution in [1.82, 2.24) is 4.98 Å². The summed E-state index contributed by atoms with van der Waals surface area (Å²) in [5.41, 5.74) is -0.0196. The molecular formula is C13H11NO6S. The lowest BCUT2D eigenvalue weighted by atomic mass is 10.1. The predicted octanol–water partition coefficient (Wildman–Crippen LogP) is 1.80. The van der Waals surface area contributed by atoms with E-state index in [4.69, 9.17) is 14.6 Å². The van der Waals surface area contributed by atoms with Crippen LogP contribution in [0, 0.1) is 0 Å². The summed E-state index contributed by atoms with van der Waals surface area (Å²) in [5, 5.41) is 19.9. The summed E-state index contributed by atoms with van der Waals surface area (Å²) in [7, 11) is 2.68. The van der Waals surface area contributed by atoms with Crippen LogP contribution in [0.3, 0.4) is 0 Å². The molecule has 0 aliphatic rings. The zero-order valence-corrected chi connectivity index (χ0v) is 11.9. The number of hydrogen-bond donors (Lipinski definition) is 2. The van der Waals surface area contributed by atoms with E-state index in [1.165, 1.54) is 31.7 Å². The minimum Gasteiger partial charge on any atom is -0.502 e. The highest BCUT2D eigenvalue weighted by Gasteiger charge is 2.20. The molecule has 0 saturated carbocycles. The van der Waals surface area contributed by atoms with Crippen molar-refractivity contribution in [3.05, 3.63) is 33.8 Å². The first-order valence-electron chi connectivity index (χ1n) is 5.66. The fraction of sp³-hybridized carbons (Fsp3) is 0.154.